The van der Waals surface area contributed by atoms with Crippen LogP contribution in [0.4, 0.5) is 0 Å². The second-order valence-electron chi connectivity index (χ2n) is 7.75. The molecule has 5 heteroatoms. The average molecular weight is 419 g/mol. The van der Waals surface area contributed by atoms with Gasteiger partial charge in [-0.25, -0.2) is 0 Å². The summed E-state index contributed by atoms with van der Waals surface area (Å²) in [4.78, 5) is 28.7. The van der Waals surface area contributed by atoms with Crippen LogP contribution in [-0.4, -0.2) is 35.7 Å². The quantitative estimate of drug-likeness (QED) is 0.631. The number of thiophene rings is 1. The summed E-state index contributed by atoms with van der Waals surface area (Å²) in [5.41, 5.74) is 3.52. The highest BCUT2D eigenvalue weighted by molar-refractivity contribution is 7.10. The normalized spacial score (nSPS) is 17.2. The van der Waals surface area contributed by atoms with E-state index < -0.39 is 6.04 Å². The van der Waals surface area contributed by atoms with E-state index in [9.17, 15) is 9.59 Å². The zero-order valence-corrected chi connectivity index (χ0v) is 17.9. The number of Topliss-reactive ketones (excluding diaryl/α,β-unsaturated/α-hetero) is 1. The van der Waals surface area contributed by atoms with Gasteiger partial charge in [0.1, 0.15) is 0 Å². The van der Waals surface area contributed by atoms with Crippen molar-refractivity contribution in [2.75, 3.05) is 13.1 Å². The molecule has 30 heavy (non-hydrogen) atoms. The van der Waals surface area contributed by atoms with Crippen LogP contribution < -0.4 is 5.32 Å². The minimum atomic E-state index is -0.503. The van der Waals surface area contributed by atoms with E-state index in [2.05, 4.69) is 33.8 Å². The van der Waals surface area contributed by atoms with Crippen LogP contribution in [0.2, 0.25) is 0 Å². The highest BCUT2D eigenvalue weighted by atomic mass is 32.1. The fourth-order valence-corrected chi connectivity index (χ4v) is 5.04. The lowest BCUT2D eigenvalue weighted by atomic mass is 9.93. The largest absolute Gasteiger partial charge is 0.345 e. The first-order chi connectivity index (χ1) is 14.6. The summed E-state index contributed by atoms with van der Waals surface area (Å²) in [5.74, 6) is -0.128. The highest BCUT2D eigenvalue weighted by Gasteiger charge is 2.31. The molecule has 0 saturated carbocycles. The van der Waals surface area contributed by atoms with Gasteiger partial charge in [-0.05, 0) is 47.9 Å². The van der Waals surface area contributed by atoms with Crippen molar-refractivity contribution in [3.05, 3.63) is 93.7 Å². The molecule has 2 heterocycles. The van der Waals surface area contributed by atoms with Gasteiger partial charge in [-0.15, -0.1) is 11.3 Å². The molecule has 1 N–H and O–H groups in total. The summed E-state index contributed by atoms with van der Waals surface area (Å²) in [6.07, 6.45) is 1.46. The van der Waals surface area contributed by atoms with Crippen molar-refractivity contribution in [1.29, 1.82) is 0 Å². The number of carbonyl (C=O) groups is 2. The van der Waals surface area contributed by atoms with E-state index in [1.54, 1.807) is 18.3 Å². The molecule has 154 valence electrons. The molecule has 4 rings (SSSR count). The third kappa shape index (κ3) is 4.69. The van der Waals surface area contributed by atoms with Crippen molar-refractivity contribution in [3.8, 4) is 0 Å². The van der Waals surface area contributed by atoms with Gasteiger partial charge >= 0.3 is 0 Å². The molecule has 1 aromatic heterocycles. The Bertz CT molecular complexity index is 1000. The molecule has 2 atom stereocenters. The van der Waals surface area contributed by atoms with E-state index in [4.69, 9.17) is 0 Å². The Kier molecular flexibility index (Phi) is 6.41. The average Bonchev–Trinajstić information content (AvgIpc) is 3.23. The number of ketones is 1. The van der Waals surface area contributed by atoms with Crippen LogP contribution in [-0.2, 0) is 22.4 Å². The number of hydrogen-bond acceptors (Lipinski definition) is 4. The van der Waals surface area contributed by atoms with Gasteiger partial charge in [0.05, 0.1) is 18.6 Å². The molecule has 0 unspecified atom stereocenters. The first-order valence-corrected chi connectivity index (χ1v) is 11.2. The summed E-state index contributed by atoms with van der Waals surface area (Å²) < 4.78 is 0. The third-order valence-corrected chi connectivity index (χ3v) is 6.63. The minimum absolute atomic E-state index is 0.0226. The Labute approximate surface area is 181 Å². The van der Waals surface area contributed by atoms with Crippen molar-refractivity contribution < 1.29 is 9.59 Å². The van der Waals surface area contributed by atoms with Crippen LogP contribution in [0.3, 0.4) is 0 Å². The van der Waals surface area contributed by atoms with E-state index in [1.165, 1.54) is 16.0 Å². The van der Waals surface area contributed by atoms with Crippen molar-refractivity contribution in [2.24, 2.45) is 0 Å². The Balaban J connectivity index is 1.49. The first kappa shape index (κ1) is 20.5. The molecule has 1 aliphatic rings. The van der Waals surface area contributed by atoms with Gasteiger partial charge in [-0.3, -0.25) is 14.5 Å². The summed E-state index contributed by atoms with van der Waals surface area (Å²) in [7, 11) is 0. The lowest BCUT2D eigenvalue weighted by Gasteiger charge is -2.36. The van der Waals surface area contributed by atoms with Crippen molar-refractivity contribution >= 4 is 23.0 Å². The predicted octanol–water partition coefficient (Wildman–Crippen LogP) is 4.01. The minimum Gasteiger partial charge on any atom is -0.345 e. The predicted molar refractivity (Wildman–Crippen MR) is 121 cm³/mol. The summed E-state index contributed by atoms with van der Waals surface area (Å²) in [6, 6.07) is 21.9. The van der Waals surface area contributed by atoms with Crippen LogP contribution in [0, 0.1) is 0 Å². The van der Waals surface area contributed by atoms with E-state index in [-0.39, 0.29) is 24.3 Å². The number of amides is 1. The van der Waals surface area contributed by atoms with Crippen molar-refractivity contribution in [1.82, 2.24) is 10.2 Å². The summed E-state index contributed by atoms with van der Waals surface area (Å²) in [5, 5.41) is 5.11. The number of fused-ring (bicyclic) bond motifs is 1. The molecule has 0 radical (unpaired) electrons. The van der Waals surface area contributed by atoms with Crippen molar-refractivity contribution in [3.63, 3.8) is 0 Å². The van der Waals surface area contributed by atoms with Gasteiger partial charge < -0.3 is 5.32 Å². The lowest BCUT2D eigenvalue weighted by Crippen LogP contribution is -2.48. The molecule has 0 bridgehead atoms. The maximum absolute atomic E-state index is 12.9. The molecule has 4 nitrogen and oxygen atoms in total. The molecule has 0 saturated heterocycles. The van der Waals surface area contributed by atoms with Crippen LogP contribution in [0.25, 0.3) is 0 Å². The fraction of sp³-hybridized carbons (Fsp3) is 0.280. The maximum atomic E-state index is 12.9. The Morgan fingerprint density at radius 2 is 1.77 bits per heavy atom. The third-order valence-electron chi connectivity index (χ3n) is 5.64. The molecule has 3 aromatic rings. The first-order valence-electron chi connectivity index (χ1n) is 10.3. The lowest BCUT2D eigenvalue weighted by molar-refractivity contribution is -0.127. The molecule has 2 aromatic carbocycles. The van der Waals surface area contributed by atoms with Gasteiger partial charge in [-0.2, -0.15) is 0 Å². The van der Waals surface area contributed by atoms with E-state index >= 15 is 0 Å². The van der Waals surface area contributed by atoms with E-state index in [1.807, 2.05) is 48.5 Å². The Morgan fingerprint density at radius 3 is 2.47 bits per heavy atom. The zero-order valence-electron chi connectivity index (χ0n) is 17.1. The Morgan fingerprint density at radius 1 is 1.07 bits per heavy atom. The number of benzene rings is 2. The second-order valence-corrected chi connectivity index (χ2v) is 8.75. The number of rotatable bonds is 7. The van der Waals surface area contributed by atoms with Crippen molar-refractivity contribution in [2.45, 2.75) is 31.8 Å². The van der Waals surface area contributed by atoms with Gasteiger partial charge in [0.2, 0.25) is 5.91 Å². The zero-order chi connectivity index (χ0) is 20.9. The van der Waals surface area contributed by atoms with Gasteiger partial charge in [0.25, 0.3) is 0 Å². The van der Waals surface area contributed by atoms with Crippen LogP contribution in [0.1, 0.15) is 34.5 Å². The number of nitrogens with zero attached hydrogens (tertiary/aromatic N) is 1. The smallest absolute Gasteiger partial charge is 0.234 e. The van der Waals surface area contributed by atoms with Crippen LogP contribution in [0.15, 0.2) is 72.1 Å². The maximum Gasteiger partial charge on any atom is 0.234 e. The van der Waals surface area contributed by atoms with Crippen LogP contribution >= 0.6 is 11.3 Å². The SMILES string of the molecule is CC(=O)[C@@H](Cc1ccccc1)NC(=O)CN1CCc2sccc2[C@@H]1c1ccccc1. The van der Waals surface area contributed by atoms with E-state index in [0.29, 0.717) is 6.42 Å². The summed E-state index contributed by atoms with van der Waals surface area (Å²) >= 11 is 1.79. The van der Waals surface area contributed by atoms with Crippen LogP contribution in [0.5, 0.6) is 0 Å². The number of hydrogen-bond donors (Lipinski definition) is 1. The molecule has 1 aliphatic heterocycles. The second kappa shape index (κ2) is 9.37. The molecule has 0 fully saturated rings. The van der Waals surface area contributed by atoms with Gasteiger partial charge in [0.15, 0.2) is 5.78 Å². The van der Waals surface area contributed by atoms with E-state index in [0.717, 1.165) is 18.5 Å². The number of nitrogens with one attached hydrogen (secondary N) is 1. The summed E-state index contributed by atoms with van der Waals surface area (Å²) in [6.45, 7) is 2.64. The molecular formula is C25H26N2O2S. The molecule has 0 aliphatic carbocycles. The molecular weight excluding hydrogens is 392 g/mol. The highest BCUT2D eigenvalue weighted by Crippen LogP contribution is 2.37. The molecule has 0 spiro atoms. The standard InChI is InChI=1S/C25H26N2O2S/c1-18(28)22(16-19-8-4-2-5-9-19)26-24(29)17-27-14-12-23-21(13-15-30-23)25(27)20-10-6-3-7-11-20/h2-11,13,15,22,25H,12,14,16-17H2,1H3,(H,26,29)/t22-,25+/m1/s1. The monoisotopic (exact) mass is 418 g/mol. The Hall–Kier alpha value is -2.76. The van der Waals surface area contributed by atoms with Gasteiger partial charge in [-0.1, -0.05) is 60.7 Å². The topological polar surface area (TPSA) is 49.4 Å². The molecule has 1 amide bonds. The van der Waals surface area contributed by atoms with Gasteiger partial charge in [0, 0.05) is 11.4 Å². The number of carbonyl (C=O) groups excluding carboxylic acids is 2. The fourth-order valence-electron chi connectivity index (χ4n) is 4.13.